The molecule has 0 bridgehead atoms. The third kappa shape index (κ3) is 4.77. The van der Waals surface area contributed by atoms with Gasteiger partial charge >= 0.3 is 0 Å². The lowest BCUT2D eigenvalue weighted by Crippen LogP contribution is -2.01. The number of hydrogen-bond donors (Lipinski definition) is 1. The molecule has 0 saturated heterocycles. The monoisotopic (exact) mass is 375 g/mol. The van der Waals surface area contributed by atoms with E-state index >= 15 is 0 Å². The molecule has 1 aromatic heterocycles. The minimum absolute atomic E-state index is 0.0810. The van der Waals surface area contributed by atoms with Gasteiger partial charge in [0.2, 0.25) is 5.13 Å². The first-order chi connectivity index (χ1) is 12.1. The van der Waals surface area contributed by atoms with Crippen molar-refractivity contribution in [3.63, 3.8) is 0 Å². The number of thioether (sulfide) groups is 1. The molecule has 0 spiro atoms. The molecule has 5 nitrogen and oxygen atoms in total. The Hall–Kier alpha value is -2.45. The summed E-state index contributed by atoms with van der Waals surface area (Å²) in [7, 11) is 1.61. The molecule has 0 radical (unpaired) electrons. The summed E-state index contributed by atoms with van der Waals surface area (Å²) in [5.41, 5.74) is 1.32. The number of methoxy groups -OCH3 is 1. The van der Waals surface area contributed by atoms with Crippen LogP contribution in [0.3, 0.4) is 0 Å². The number of ether oxygens (including phenoxy) is 1. The number of ketones is 1. The van der Waals surface area contributed by atoms with Crippen molar-refractivity contribution in [1.29, 1.82) is 0 Å². The second-order valence-electron chi connectivity index (χ2n) is 4.95. The Morgan fingerprint density at radius 1 is 1.24 bits per heavy atom. The van der Waals surface area contributed by atoms with Crippen molar-refractivity contribution < 1.29 is 13.9 Å². The molecule has 0 aliphatic rings. The number of aromatic nitrogens is 2. The maximum atomic E-state index is 12.9. The molecule has 0 atom stereocenters. The third-order valence-electron chi connectivity index (χ3n) is 3.22. The van der Waals surface area contributed by atoms with E-state index in [1.165, 1.54) is 47.4 Å². The maximum absolute atomic E-state index is 12.9. The SMILES string of the molecule is COc1cccc(Nc2nnc(SCC(=O)c3ccc(F)cc3)s2)c1. The molecule has 0 aliphatic heterocycles. The number of rotatable bonds is 7. The molecular formula is C17H14FN3O2S2. The second-order valence-corrected chi connectivity index (χ2v) is 7.15. The van der Waals surface area contributed by atoms with E-state index in [1.54, 1.807) is 7.11 Å². The van der Waals surface area contributed by atoms with Gasteiger partial charge in [0.1, 0.15) is 11.6 Å². The van der Waals surface area contributed by atoms with E-state index in [1.807, 2.05) is 24.3 Å². The molecule has 0 saturated carbocycles. The summed E-state index contributed by atoms with van der Waals surface area (Å²) in [6.45, 7) is 0. The normalized spacial score (nSPS) is 10.5. The summed E-state index contributed by atoms with van der Waals surface area (Å²) < 4.78 is 18.7. The van der Waals surface area contributed by atoms with E-state index in [9.17, 15) is 9.18 Å². The first kappa shape index (κ1) is 17.4. The molecule has 8 heteroatoms. The van der Waals surface area contributed by atoms with Gasteiger partial charge in [0.25, 0.3) is 0 Å². The smallest absolute Gasteiger partial charge is 0.210 e. The van der Waals surface area contributed by atoms with Crippen molar-refractivity contribution in [2.75, 3.05) is 18.2 Å². The molecule has 128 valence electrons. The standard InChI is InChI=1S/C17H14FN3O2S2/c1-23-14-4-2-3-13(9-14)19-16-20-21-17(25-16)24-10-15(22)11-5-7-12(18)8-6-11/h2-9H,10H2,1H3,(H,19,20). The van der Waals surface area contributed by atoms with Crippen LogP contribution in [0.15, 0.2) is 52.9 Å². The fourth-order valence-corrected chi connectivity index (χ4v) is 3.66. The lowest BCUT2D eigenvalue weighted by Gasteiger charge is -2.04. The summed E-state index contributed by atoms with van der Waals surface area (Å²) in [6, 6.07) is 13.0. The van der Waals surface area contributed by atoms with Crippen LogP contribution in [0.25, 0.3) is 0 Å². The average Bonchev–Trinajstić information content (AvgIpc) is 3.08. The van der Waals surface area contributed by atoms with Crippen LogP contribution in [0.1, 0.15) is 10.4 Å². The molecule has 0 aliphatic carbocycles. The second kappa shape index (κ2) is 8.09. The number of benzene rings is 2. The molecule has 25 heavy (non-hydrogen) atoms. The fourth-order valence-electron chi connectivity index (χ4n) is 1.99. The van der Waals surface area contributed by atoms with Gasteiger partial charge in [0, 0.05) is 17.3 Å². The van der Waals surface area contributed by atoms with Gasteiger partial charge < -0.3 is 10.1 Å². The van der Waals surface area contributed by atoms with E-state index in [2.05, 4.69) is 15.5 Å². The summed E-state index contributed by atoms with van der Waals surface area (Å²) in [5.74, 6) is 0.525. The predicted octanol–water partition coefficient (Wildman–Crippen LogP) is 4.40. The van der Waals surface area contributed by atoms with Gasteiger partial charge in [-0.2, -0.15) is 0 Å². The van der Waals surface area contributed by atoms with Crippen molar-refractivity contribution in [3.8, 4) is 5.75 Å². The van der Waals surface area contributed by atoms with E-state index in [0.717, 1.165) is 11.4 Å². The number of carbonyl (C=O) groups excluding carboxylic acids is 1. The van der Waals surface area contributed by atoms with Crippen LogP contribution in [-0.4, -0.2) is 28.8 Å². The molecule has 0 unspecified atom stereocenters. The minimum Gasteiger partial charge on any atom is -0.497 e. The van der Waals surface area contributed by atoms with Gasteiger partial charge in [0.15, 0.2) is 10.1 Å². The number of halogens is 1. The van der Waals surface area contributed by atoms with Gasteiger partial charge in [-0.3, -0.25) is 4.79 Å². The molecule has 3 aromatic rings. The lowest BCUT2D eigenvalue weighted by molar-refractivity contribution is 0.102. The number of hydrogen-bond acceptors (Lipinski definition) is 7. The van der Waals surface area contributed by atoms with Crippen LogP contribution in [0, 0.1) is 5.82 Å². The molecule has 0 fully saturated rings. The van der Waals surface area contributed by atoms with E-state index in [-0.39, 0.29) is 17.4 Å². The Bertz CT molecular complexity index is 868. The third-order valence-corrected chi connectivity index (χ3v) is 5.19. The zero-order valence-electron chi connectivity index (χ0n) is 13.2. The van der Waals surface area contributed by atoms with Gasteiger partial charge in [-0.05, 0) is 36.4 Å². The van der Waals surface area contributed by atoms with Crippen molar-refractivity contribution in [2.45, 2.75) is 4.34 Å². The molecule has 2 aromatic carbocycles. The number of Topliss-reactive ketones (excluding diaryl/α,β-unsaturated/α-hetero) is 1. The summed E-state index contributed by atoms with van der Waals surface area (Å²) >= 11 is 2.66. The van der Waals surface area contributed by atoms with Crippen molar-refractivity contribution in [2.24, 2.45) is 0 Å². The number of nitrogens with one attached hydrogen (secondary N) is 1. The maximum Gasteiger partial charge on any atom is 0.210 e. The average molecular weight is 375 g/mol. The zero-order chi connectivity index (χ0) is 17.6. The zero-order valence-corrected chi connectivity index (χ0v) is 14.9. The van der Waals surface area contributed by atoms with Crippen LogP contribution in [0.5, 0.6) is 5.75 Å². The number of nitrogens with zero attached hydrogens (tertiary/aromatic N) is 2. The van der Waals surface area contributed by atoms with Crippen LogP contribution in [0.2, 0.25) is 0 Å². The lowest BCUT2D eigenvalue weighted by atomic mass is 10.1. The van der Waals surface area contributed by atoms with E-state index < -0.39 is 0 Å². The first-order valence-corrected chi connectivity index (χ1v) is 9.10. The van der Waals surface area contributed by atoms with Crippen LogP contribution >= 0.6 is 23.1 Å². The molecule has 1 heterocycles. The molecule has 1 N–H and O–H groups in total. The highest BCUT2D eigenvalue weighted by atomic mass is 32.2. The van der Waals surface area contributed by atoms with Gasteiger partial charge in [-0.15, -0.1) is 10.2 Å². The highest BCUT2D eigenvalue weighted by Gasteiger charge is 2.10. The molecule has 0 amide bonds. The Morgan fingerprint density at radius 2 is 2.04 bits per heavy atom. The molecule has 3 rings (SSSR count). The van der Waals surface area contributed by atoms with Crippen LogP contribution < -0.4 is 10.1 Å². The largest absolute Gasteiger partial charge is 0.497 e. The predicted molar refractivity (Wildman–Crippen MR) is 97.6 cm³/mol. The summed E-state index contributed by atoms with van der Waals surface area (Å²) in [5, 5.41) is 11.9. The van der Waals surface area contributed by atoms with Crippen LogP contribution in [-0.2, 0) is 0 Å². The fraction of sp³-hybridized carbons (Fsp3) is 0.118. The molecular weight excluding hydrogens is 361 g/mol. The summed E-state index contributed by atoms with van der Waals surface area (Å²) in [4.78, 5) is 12.1. The van der Waals surface area contributed by atoms with Crippen molar-refractivity contribution in [1.82, 2.24) is 10.2 Å². The number of anilines is 2. The van der Waals surface area contributed by atoms with Gasteiger partial charge in [-0.1, -0.05) is 29.2 Å². The Kier molecular flexibility index (Phi) is 5.62. The Morgan fingerprint density at radius 3 is 2.80 bits per heavy atom. The van der Waals surface area contributed by atoms with E-state index in [4.69, 9.17) is 4.74 Å². The first-order valence-electron chi connectivity index (χ1n) is 7.30. The van der Waals surface area contributed by atoms with Gasteiger partial charge in [0.05, 0.1) is 12.9 Å². The highest BCUT2D eigenvalue weighted by Crippen LogP contribution is 2.29. The quantitative estimate of drug-likeness (QED) is 0.488. The highest BCUT2D eigenvalue weighted by molar-refractivity contribution is 8.01. The van der Waals surface area contributed by atoms with Gasteiger partial charge in [-0.25, -0.2) is 4.39 Å². The Balaban J connectivity index is 1.58. The topological polar surface area (TPSA) is 64.1 Å². The Labute approximate surface area is 152 Å². The summed E-state index contributed by atoms with van der Waals surface area (Å²) in [6.07, 6.45) is 0. The van der Waals surface area contributed by atoms with Crippen molar-refractivity contribution in [3.05, 3.63) is 59.9 Å². The minimum atomic E-state index is -0.360. The van der Waals surface area contributed by atoms with Crippen LogP contribution in [0.4, 0.5) is 15.2 Å². The van der Waals surface area contributed by atoms with Crippen molar-refractivity contribution >= 4 is 39.7 Å². The van der Waals surface area contributed by atoms with E-state index in [0.29, 0.717) is 15.0 Å². The number of carbonyl (C=O) groups is 1.